The second kappa shape index (κ2) is 6.00. The molecule has 4 heteroatoms. The lowest BCUT2D eigenvalue weighted by Gasteiger charge is -2.09. The van der Waals surface area contributed by atoms with Gasteiger partial charge in [0.25, 0.3) is 0 Å². The lowest BCUT2D eigenvalue weighted by atomic mass is 10.2. The number of rotatable bonds is 4. The number of benzene rings is 2. The van der Waals surface area contributed by atoms with Crippen LogP contribution in [0, 0.1) is 12.7 Å². The van der Waals surface area contributed by atoms with Crippen molar-refractivity contribution in [3.63, 3.8) is 0 Å². The van der Waals surface area contributed by atoms with Crippen molar-refractivity contribution in [2.75, 3.05) is 17.2 Å². The van der Waals surface area contributed by atoms with E-state index >= 15 is 0 Å². The van der Waals surface area contributed by atoms with E-state index in [-0.39, 0.29) is 18.3 Å². The first-order valence-electron chi connectivity index (χ1n) is 6.00. The number of aryl methyl sites for hydroxylation is 1. The molecule has 0 spiro atoms. The van der Waals surface area contributed by atoms with Crippen LogP contribution in [0.3, 0.4) is 0 Å². The molecule has 0 aromatic heterocycles. The molecule has 2 aromatic carbocycles. The van der Waals surface area contributed by atoms with Crippen LogP contribution < -0.4 is 10.6 Å². The van der Waals surface area contributed by atoms with Crippen LogP contribution in [0.2, 0.25) is 0 Å². The van der Waals surface area contributed by atoms with Crippen LogP contribution in [0.5, 0.6) is 0 Å². The van der Waals surface area contributed by atoms with E-state index < -0.39 is 0 Å². The second-order valence-electron chi connectivity index (χ2n) is 4.22. The molecule has 0 aliphatic rings. The predicted molar refractivity (Wildman–Crippen MR) is 74.7 cm³/mol. The summed E-state index contributed by atoms with van der Waals surface area (Å²) < 4.78 is 12.7. The van der Waals surface area contributed by atoms with Crippen LogP contribution in [0.4, 0.5) is 15.8 Å². The molecule has 0 aliphatic carbocycles. The molecule has 0 radical (unpaired) electrons. The third kappa shape index (κ3) is 3.81. The zero-order valence-electron chi connectivity index (χ0n) is 10.6. The van der Waals surface area contributed by atoms with E-state index in [4.69, 9.17) is 0 Å². The fourth-order valence-corrected chi connectivity index (χ4v) is 1.69. The van der Waals surface area contributed by atoms with E-state index in [1.54, 1.807) is 0 Å². The number of halogens is 1. The molecule has 0 atom stereocenters. The van der Waals surface area contributed by atoms with Crippen LogP contribution in [-0.4, -0.2) is 12.5 Å². The average molecular weight is 258 g/mol. The molecule has 3 nitrogen and oxygen atoms in total. The Bertz CT molecular complexity index is 567. The summed E-state index contributed by atoms with van der Waals surface area (Å²) in [6.07, 6.45) is 0. The van der Waals surface area contributed by atoms with Gasteiger partial charge in [0.1, 0.15) is 5.82 Å². The van der Waals surface area contributed by atoms with E-state index in [1.165, 1.54) is 24.3 Å². The maximum absolute atomic E-state index is 12.7. The molecule has 0 heterocycles. The van der Waals surface area contributed by atoms with Gasteiger partial charge in [-0.15, -0.1) is 0 Å². The van der Waals surface area contributed by atoms with E-state index in [0.29, 0.717) is 5.69 Å². The van der Waals surface area contributed by atoms with Gasteiger partial charge in [-0.3, -0.25) is 4.79 Å². The minimum atomic E-state index is -0.323. The first kappa shape index (κ1) is 13.1. The Balaban J connectivity index is 1.88. The Kier molecular flexibility index (Phi) is 4.13. The highest BCUT2D eigenvalue weighted by Gasteiger charge is 2.03. The van der Waals surface area contributed by atoms with Crippen molar-refractivity contribution in [2.24, 2.45) is 0 Å². The molecule has 2 N–H and O–H groups in total. The summed E-state index contributed by atoms with van der Waals surface area (Å²) in [5, 5.41) is 5.75. The van der Waals surface area contributed by atoms with Crippen molar-refractivity contribution in [1.29, 1.82) is 0 Å². The number of amides is 1. The van der Waals surface area contributed by atoms with Crippen LogP contribution in [0.15, 0.2) is 48.5 Å². The van der Waals surface area contributed by atoms with Gasteiger partial charge in [-0.1, -0.05) is 18.2 Å². The predicted octanol–water partition coefficient (Wildman–Crippen LogP) is 3.18. The number of para-hydroxylation sites is 1. The lowest BCUT2D eigenvalue weighted by molar-refractivity contribution is -0.114. The standard InChI is InChI=1S/C15H15FN2O/c1-11-4-2-3-5-14(11)17-10-15(19)18-13-8-6-12(16)7-9-13/h2-9,17H,10H2,1H3,(H,18,19). The number of carbonyl (C=O) groups is 1. The molecule has 1 amide bonds. The zero-order valence-corrected chi connectivity index (χ0v) is 10.6. The van der Waals surface area contributed by atoms with Crippen LogP contribution in [0.25, 0.3) is 0 Å². The average Bonchev–Trinajstić information content (AvgIpc) is 2.40. The highest BCUT2D eigenvalue weighted by molar-refractivity contribution is 5.93. The van der Waals surface area contributed by atoms with Gasteiger partial charge in [-0.25, -0.2) is 4.39 Å². The number of hydrogen-bond acceptors (Lipinski definition) is 2. The first-order valence-corrected chi connectivity index (χ1v) is 6.00. The van der Waals surface area contributed by atoms with E-state index in [0.717, 1.165) is 11.3 Å². The van der Waals surface area contributed by atoms with Gasteiger partial charge in [-0.05, 0) is 42.8 Å². The summed E-state index contributed by atoms with van der Waals surface area (Å²) in [4.78, 5) is 11.7. The quantitative estimate of drug-likeness (QED) is 0.884. The number of hydrogen-bond donors (Lipinski definition) is 2. The van der Waals surface area contributed by atoms with Crippen LogP contribution in [-0.2, 0) is 4.79 Å². The molecule has 2 rings (SSSR count). The fourth-order valence-electron chi connectivity index (χ4n) is 1.69. The van der Waals surface area contributed by atoms with Crippen molar-refractivity contribution in [2.45, 2.75) is 6.92 Å². The van der Waals surface area contributed by atoms with E-state index in [9.17, 15) is 9.18 Å². The molecule has 0 saturated carbocycles. The summed E-state index contributed by atoms with van der Waals surface area (Å²) in [5.41, 5.74) is 2.59. The molecule has 0 fully saturated rings. The van der Waals surface area contributed by atoms with Gasteiger partial charge in [0.05, 0.1) is 6.54 Å². The van der Waals surface area contributed by atoms with Gasteiger partial charge in [0, 0.05) is 11.4 Å². The van der Waals surface area contributed by atoms with Gasteiger partial charge in [0.2, 0.25) is 5.91 Å². The van der Waals surface area contributed by atoms with Gasteiger partial charge in [0.15, 0.2) is 0 Å². The smallest absolute Gasteiger partial charge is 0.243 e. The minimum absolute atomic E-state index is 0.169. The largest absolute Gasteiger partial charge is 0.376 e. The van der Waals surface area contributed by atoms with Gasteiger partial charge >= 0.3 is 0 Å². The lowest BCUT2D eigenvalue weighted by Crippen LogP contribution is -2.22. The summed E-state index contributed by atoms with van der Waals surface area (Å²) in [6, 6.07) is 13.4. The fraction of sp³-hybridized carbons (Fsp3) is 0.133. The molecule has 98 valence electrons. The topological polar surface area (TPSA) is 41.1 Å². The van der Waals surface area contributed by atoms with Crippen molar-refractivity contribution < 1.29 is 9.18 Å². The Morgan fingerprint density at radius 1 is 1.11 bits per heavy atom. The van der Waals surface area contributed by atoms with Gasteiger partial charge < -0.3 is 10.6 Å². The summed E-state index contributed by atoms with van der Waals surface area (Å²) in [7, 11) is 0. The Hall–Kier alpha value is -2.36. The SMILES string of the molecule is Cc1ccccc1NCC(=O)Nc1ccc(F)cc1. The molecule has 2 aromatic rings. The maximum Gasteiger partial charge on any atom is 0.243 e. The summed E-state index contributed by atoms with van der Waals surface area (Å²) >= 11 is 0. The molecule has 0 aliphatic heterocycles. The molecular weight excluding hydrogens is 243 g/mol. The highest BCUT2D eigenvalue weighted by atomic mass is 19.1. The Labute approximate surface area is 111 Å². The molecule has 0 saturated heterocycles. The third-order valence-electron chi connectivity index (χ3n) is 2.71. The monoisotopic (exact) mass is 258 g/mol. The summed E-state index contributed by atoms with van der Waals surface area (Å²) in [5.74, 6) is -0.495. The van der Waals surface area contributed by atoms with Crippen LogP contribution >= 0.6 is 0 Å². The Morgan fingerprint density at radius 3 is 2.47 bits per heavy atom. The van der Waals surface area contributed by atoms with Gasteiger partial charge in [-0.2, -0.15) is 0 Å². The van der Waals surface area contributed by atoms with Crippen molar-refractivity contribution in [1.82, 2.24) is 0 Å². The molecule has 19 heavy (non-hydrogen) atoms. The van der Waals surface area contributed by atoms with Crippen molar-refractivity contribution in [3.05, 3.63) is 59.9 Å². The third-order valence-corrected chi connectivity index (χ3v) is 2.71. The van der Waals surface area contributed by atoms with Crippen LogP contribution in [0.1, 0.15) is 5.56 Å². The van der Waals surface area contributed by atoms with E-state index in [1.807, 2.05) is 31.2 Å². The molecule has 0 unspecified atom stereocenters. The molecular formula is C15H15FN2O. The number of anilines is 2. The highest BCUT2D eigenvalue weighted by Crippen LogP contribution is 2.13. The summed E-state index contributed by atoms with van der Waals surface area (Å²) in [6.45, 7) is 2.14. The number of carbonyl (C=O) groups excluding carboxylic acids is 1. The Morgan fingerprint density at radius 2 is 1.79 bits per heavy atom. The van der Waals surface area contributed by atoms with E-state index in [2.05, 4.69) is 10.6 Å². The minimum Gasteiger partial charge on any atom is -0.376 e. The van der Waals surface area contributed by atoms with Crippen molar-refractivity contribution in [3.8, 4) is 0 Å². The first-order chi connectivity index (χ1) is 9.15. The normalized spacial score (nSPS) is 10.0. The van der Waals surface area contributed by atoms with Crippen molar-refractivity contribution >= 4 is 17.3 Å². The molecule has 0 bridgehead atoms. The second-order valence-corrected chi connectivity index (χ2v) is 4.22. The number of nitrogens with one attached hydrogen (secondary N) is 2. The zero-order chi connectivity index (χ0) is 13.7. The maximum atomic E-state index is 12.7.